The highest BCUT2D eigenvalue weighted by Gasteiger charge is 2.20. The average Bonchev–Trinajstić information content (AvgIpc) is 3.07. The van der Waals surface area contributed by atoms with E-state index in [-0.39, 0.29) is 0 Å². The molecule has 0 radical (unpaired) electrons. The van der Waals surface area contributed by atoms with Gasteiger partial charge in [0, 0.05) is 31.6 Å². The van der Waals surface area contributed by atoms with Gasteiger partial charge in [0.15, 0.2) is 0 Å². The molecule has 3 rings (SSSR count). The third-order valence-electron chi connectivity index (χ3n) is 4.49. The smallest absolute Gasteiger partial charge is 0.122 e. The molecule has 0 aliphatic carbocycles. The lowest BCUT2D eigenvalue weighted by molar-refractivity contribution is 0.194. The topological polar surface area (TPSA) is 24.5 Å². The van der Waals surface area contributed by atoms with Crippen LogP contribution in [0.15, 0.2) is 18.2 Å². The molecule has 1 atom stereocenters. The summed E-state index contributed by atoms with van der Waals surface area (Å²) in [5.41, 5.74) is 2.80. The second kappa shape index (κ2) is 6.15. The SMILES string of the molecule is CC(C)N(Cc1ccc2c(c1)CCO2)CC1CCCN1. The third-order valence-corrected chi connectivity index (χ3v) is 4.49. The van der Waals surface area contributed by atoms with Crippen LogP contribution in [-0.4, -0.2) is 36.7 Å². The number of ether oxygens (including phenoxy) is 1. The lowest BCUT2D eigenvalue weighted by Crippen LogP contribution is -2.40. The minimum Gasteiger partial charge on any atom is -0.493 e. The summed E-state index contributed by atoms with van der Waals surface area (Å²) < 4.78 is 5.59. The highest BCUT2D eigenvalue weighted by molar-refractivity contribution is 5.39. The molecule has 0 aromatic heterocycles. The number of nitrogens with one attached hydrogen (secondary N) is 1. The molecular weight excluding hydrogens is 248 g/mol. The van der Waals surface area contributed by atoms with E-state index < -0.39 is 0 Å². The Hall–Kier alpha value is -1.06. The van der Waals surface area contributed by atoms with Crippen molar-refractivity contribution in [2.75, 3.05) is 19.7 Å². The summed E-state index contributed by atoms with van der Waals surface area (Å²) in [7, 11) is 0. The number of hydrogen-bond acceptors (Lipinski definition) is 3. The summed E-state index contributed by atoms with van der Waals surface area (Å²) in [6.07, 6.45) is 3.71. The molecule has 1 aromatic carbocycles. The van der Waals surface area contributed by atoms with Gasteiger partial charge in [-0.3, -0.25) is 4.90 Å². The number of nitrogens with zero attached hydrogens (tertiary/aromatic N) is 1. The fourth-order valence-electron chi connectivity index (χ4n) is 3.23. The Morgan fingerprint density at radius 2 is 2.30 bits per heavy atom. The minimum atomic E-state index is 0.585. The Morgan fingerprint density at radius 3 is 3.05 bits per heavy atom. The maximum absolute atomic E-state index is 5.59. The Bertz CT molecular complexity index is 452. The lowest BCUT2D eigenvalue weighted by atomic mass is 10.1. The largest absolute Gasteiger partial charge is 0.493 e. The van der Waals surface area contributed by atoms with E-state index in [0.29, 0.717) is 12.1 Å². The van der Waals surface area contributed by atoms with Crippen LogP contribution in [0.3, 0.4) is 0 Å². The molecule has 2 heterocycles. The maximum atomic E-state index is 5.59. The standard InChI is InChI=1S/C17H26N2O/c1-13(2)19(12-16-4-3-8-18-16)11-14-5-6-17-15(10-14)7-9-20-17/h5-6,10,13,16,18H,3-4,7-9,11-12H2,1-2H3. The van der Waals surface area contributed by atoms with Gasteiger partial charge in [0.2, 0.25) is 0 Å². The molecule has 3 heteroatoms. The van der Waals surface area contributed by atoms with E-state index >= 15 is 0 Å². The van der Waals surface area contributed by atoms with E-state index in [1.807, 2.05) is 0 Å². The van der Waals surface area contributed by atoms with E-state index in [1.54, 1.807) is 0 Å². The summed E-state index contributed by atoms with van der Waals surface area (Å²) >= 11 is 0. The van der Waals surface area contributed by atoms with Crippen molar-refractivity contribution in [2.24, 2.45) is 0 Å². The molecule has 1 N–H and O–H groups in total. The summed E-state index contributed by atoms with van der Waals surface area (Å²) in [6, 6.07) is 7.96. The van der Waals surface area contributed by atoms with Gasteiger partial charge < -0.3 is 10.1 Å². The first-order valence-corrected chi connectivity index (χ1v) is 7.94. The van der Waals surface area contributed by atoms with Gasteiger partial charge >= 0.3 is 0 Å². The normalized spacial score (nSPS) is 21.5. The highest BCUT2D eigenvalue weighted by Crippen LogP contribution is 2.26. The molecule has 3 nitrogen and oxygen atoms in total. The third kappa shape index (κ3) is 3.15. The van der Waals surface area contributed by atoms with Crippen LogP contribution >= 0.6 is 0 Å². The van der Waals surface area contributed by atoms with Crippen LogP contribution in [-0.2, 0) is 13.0 Å². The minimum absolute atomic E-state index is 0.585. The number of fused-ring (bicyclic) bond motifs is 1. The molecule has 0 saturated carbocycles. The molecule has 1 fully saturated rings. The van der Waals surface area contributed by atoms with Gasteiger partial charge in [0.1, 0.15) is 5.75 Å². The van der Waals surface area contributed by atoms with E-state index in [9.17, 15) is 0 Å². The first-order valence-electron chi connectivity index (χ1n) is 7.94. The Labute approximate surface area is 122 Å². The van der Waals surface area contributed by atoms with Gasteiger partial charge in [-0.1, -0.05) is 12.1 Å². The van der Waals surface area contributed by atoms with E-state index in [1.165, 1.54) is 30.5 Å². The predicted molar refractivity (Wildman–Crippen MR) is 82.2 cm³/mol. The van der Waals surface area contributed by atoms with Crippen LogP contribution in [0.5, 0.6) is 5.75 Å². The van der Waals surface area contributed by atoms with E-state index in [0.717, 1.165) is 31.9 Å². The Kier molecular flexibility index (Phi) is 4.27. The van der Waals surface area contributed by atoms with Crippen LogP contribution in [0, 0.1) is 0 Å². The van der Waals surface area contributed by atoms with Crippen molar-refractivity contribution in [2.45, 2.75) is 51.7 Å². The van der Waals surface area contributed by atoms with Gasteiger partial charge in [-0.2, -0.15) is 0 Å². The van der Waals surface area contributed by atoms with E-state index in [4.69, 9.17) is 4.74 Å². The zero-order valence-corrected chi connectivity index (χ0v) is 12.7. The molecule has 0 bridgehead atoms. The first-order chi connectivity index (χ1) is 9.72. The lowest BCUT2D eigenvalue weighted by Gasteiger charge is -2.29. The van der Waals surface area contributed by atoms with Crippen molar-refractivity contribution in [3.8, 4) is 5.75 Å². The summed E-state index contributed by atoms with van der Waals surface area (Å²) in [5.74, 6) is 1.09. The molecule has 1 aromatic rings. The predicted octanol–water partition coefficient (Wildman–Crippen LogP) is 2.58. The molecule has 2 aliphatic rings. The molecule has 0 amide bonds. The Balaban J connectivity index is 1.66. The zero-order valence-electron chi connectivity index (χ0n) is 12.7. The van der Waals surface area contributed by atoms with Crippen molar-refractivity contribution < 1.29 is 4.74 Å². The van der Waals surface area contributed by atoms with Crippen LogP contribution in [0.4, 0.5) is 0 Å². The molecule has 20 heavy (non-hydrogen) atoms. The molecular formula is C17H26N2O. The van der Waals surface area contributed by atoms with E-state index in [2.05, 4.69) is 42.3 Å². The number of rotatable bonds is 5. The monoisotopic (exact) mass is 274 g/mol. The van der Waals surface area contributed by atoms with Gasteiger partial charge in [-0.05, 0) is 50.4 Å². The van der Waals surface area contributed by atoms with Crippen molar-refractivity contribution in [3.63, 3.8) is 0 Å². The van der Waals surface area contributed by atoms with Gasteiger partial charge in [0.25, 0.3) is 0 Å². The zero-order chi connectivity index (χ0) is 13.9. The van der Waals surface area contributed by atoms with Crippen molar-refractivity contribution in [1.29, 1.82) is 0 Å². The molecule has 1 unspecified atom stereocenters. The second-order valence-corrected chi connectivity index (χ2v) is 6.36. The maximum Gasteiger partial charge on any atom is 0.122 e. The summed E-state index contributed by atoms with van der Waals surface area (Å²) in [4.78, 5) is 2.58. The molecule has 1 saturated heterocycles. The van der Waals surface area contributed by atoms with Gasteiger partial charge in [0.05, 0.1) is 6.61 Å². The van der Waals surface area contributed by atoms with Gasteiger partial charge in [-0.15, -0.1) is 0 Å². The van der Waals surface area contributed by atoms with Crippen LogP contribution < -0.4 is 10.1 Å². The number of benzene rings is 1. The first kappa shape index (κ1) is 13.9. The average molecular weight is 274 g/mol. The highest BCUT2D eigenvalue weighted by atomic mass is 16.5. The van der Waals surface area contributed by atoms with Crippen molar-refractivity contribution >= 4 is 0 Å². The fourth-order valence-corrected chi connectivity index (χ4v) is 3.23. The van der Waals surface area contributed by atoms with Crippen LogP contribution in [0.1, 0.15) is 37.8 Å². The number of hydrogen-bond donors (Lipinski definition) is 1. The quantitative estimate of drug-likeness (QED) is 0.893. The molecule has 2 aliphatic heterocycles. The summed E-state index contributed by atoms with van der Waals surface area (Å²) in [5, 5.41) is 3.61. The van der Waals surface area contributed by atoms with Crippen molar-refractivity contribution in [1.82, 2.24) is 10.2 Å². The van der Waals surface area contributed by atoms with Gasteiger partial charge in [-0.25, -0.2) is 0 Å². The van der Waals surface area contributed by atoms with Crippen LogP contribution in [0.2, 0.25) is 0 Å². The second-order valence-electron chi connectivity index (χ2n) is 6.36. The molecule has 0 spiro atoms. The fraction of sp³-hybridized carbons (Fsp3) is 0.647. The molecule has 110 valence electrons. The van der Waals surface area contributed by atoms with Crippen LogP contribution in [0.25, 0.3) is 0 Å². The summed E-state index contributed by atoms with van der Waals surface area (Å²) in [6.45, 7) is 8.83. The van der Waals surface area contributed by atoms with Crippen molar-refractivity contribution in [3.05, 3.63) is 29.3 Å². The Morgan fingerprint density at radius 1 is 1.40 bits per heavy atom.